The van der Waals surface area contributed by atoms with Crippen LogP contribution in [0.1, 0.15) is 0 Å². The van der Waals surface area contributed by atoms with Crippen LogP contribution in [0.2, 0.25) is 5.02 Å². The van der Waals surface area contributed by atoms with Crippen molar-refractivity contribution in [2.45, 2.75) is 6.36 Å². The van der Waals surface area contributed by atoms with Gasteiger partial charge in [0.15, 0.2) is 0 Å². The molecule has 0 aromatic heterocycles. The Hall–Kier alpha value is -1.40. The van der Waals surface area contributed by atoms with Crippen LogP contribution < -0.4 is 9.47 Å². The summed E-state index contributed by atoms with van der Waals surface area (Å²) in [7, 11) is 1.46. The van der Waals surface area contributed by atoms with Crippen molar-refractivity contribution in [3.8, 4) is 22.6 Å². The third-order valence-electron chi connectivity index (χ3n) is 2.63. The van der Waals surface area contributed by atoms with Gasteiger partial charge in [0.1, 0.15) is 11.5 Å². The van der Waals surface area contributed by atoms with Crippen molar-refractivity contribution in [2.24, 2.45) is 0 Å². The first-order chi connectivity index (χ1) is 9.80. The minimum absolute atomic E-state index is 0.308. The summed E-state index contributed by atoms with van der Waals surface area (Å²) in [6, 6.07) is 8.86. The van der Waals surface area contributed by atoms with Crippen LogP contribution in [0.3, 0.4) is 0 Å². The number of benzene rings is 2. The molecule has 7 heteroatoms. The maximum atomic E-state index is 12.3. The zero-order valence-electron chi connectivity index (χ0n) is 10.7. The van der Waals surface area contributed by atoms with Crippen molar-refractivity contribution < 1.29 is 22.6 Å². The molecule has 0 unspecified atom stereocenters. The van der Waals surface area contributed by atoms with Crippen molar-refractivity contribution >= 4 is 27.5 Å². The first-order valence-corrected chi connectivity index (χ1v) is 6.86. The molecule has 0 atom stereocenters. The third-order valence-corrected chi connectivity index (χ3v) is 3.55. The zero-order chi connectivity index (χ0) is 15.6. The Morgan fingerprint density at radius 3 is 2.38 bits per heavy atom. The molecular weight excluding hydrogens is 373 g/mol. The lowest BCUT2D eigenvalue weighted by molar-refractivity contribution is -0.274. The molecular formula is C14H9BrClF3O2. The van der Waals surface area contributed by atoms with E-state index >= 15 is 0 Å². The maximum absolute atomic E-state index is 12.3. The smallest absolute Gasteiger partial charge is 0.496 e. The maximum Gasteiger partial charge on any atom is 0.573 e. The van der Waals surface area contributed by atoms with E-state index in [2.05, 4.69) is 20.7 Å². The molecule has 112 valence electrons. The summed E-state index contributed by atoms with van der Waals surface area (Å²) in [5.41, 5.74) is 1.10. The van der Waals surface area contributed by atoms with E-state index in [0.717, 1.165) is 0 Å². The topological polar surface area (TPSA) is 18.5 Å². The highest BCUT2D eigenvalue weighted by molar-refractivity contribution is 9.10. The van der Waals surface area contributed by atoms with Crippen LogP contribution in [0.25, 0.3) is 11.1 Å². The van der Waals surface area contributed by atoms with Crippen molar-refractivity contribution in [2.75, 3.05) is 7.11 Å². The molecule has 0 N–H and O–H groups in total. The van der Waals surface area contributed by atoms with Gasteiger partial charge in [-0.25, -0.2) is 0 Å². The molecule has 0 amide bonds. The van der Waals surface area contributed by atoms with E-state index in [1.165, 1.54) is 25.3 Å². The lowest BCUT2D eigenvalue weighted by Crippen LogP contribution is -2.17. The van der Waals surface area contributed by atoms with Crippen LogP contribution >= 0.6 is 27.5 Å². The fourth-order valence-electron chi connectivity index (χ4n) is 1.80. The van der Waals surface area contributed by atoms with E-state index in [4.69, 9.17) is 16.3 Å². The Morgan fingerprint density at radius 2 is 1.76 bits per heavy atom. The lowest BCUT2D eigenvalue weighted by Gasteiger charge is -2.14. The van der Waals surface area contributed by atoms with Gasteiger partial charge >= 0.3 is 6.36 Å². The summed E-state index contributed by atoms with van der Waals surface area (Å²) in [5.74, 6) is 0.144. The first kappa shape index (κ1) is 16.0. The SMILES string of the molecule is COc1cc(Cl)ccc1-c1cc(OC(F)(F)F)ccc1Br. The average molecular weight is 382 g/mol. The van der Waals surface area contributed by atoms with Crippen molar-refractivity contribution in [1.29, 1.82) is 0 Å². The molecule has 2 aromatic carbocycles. The van der Waals surface area contributed by atoms with Crippen LogP contribution in [0, 0.1) is 0 Å². The minimum Gasteiger partial charge on any atom is -0.496 e. The Labute approximate surface area is 132 Å². The summed E-state index contributed by atoms with van der Waals surface area (Å²) in [4.78, 5) is 0. The molecule has 0 aliphatic rings. The Balaban J connectivity index is 2.51. The molecule has 2 nitrogen and oxygen atoms in total. The predicted molar refractivity (Wildman–Crippen MR) is 77.8 cm³/mol. The molecule has 21 heavy (non-hydrogen) atoms. The quantitative estimate of drug-likeness (QED) is 0.681. The van der Waals surface area contributed by atoms with Crippen LogP contribution in [0.5, 0.6) is 11.5 Å². The highest BCUT2D eigenvalue weighted by Crippen LogP contribution is 2.39. The van der Waals surface area contributed by atoms with E-state index in [1.807, 2.05) is 0 Å². The van der Waals surface area contributed by atoms with Gasteiger partial charge in [-0.2, -0.15) is 0 Å². The molecule has 0 heterocycles. The molecule has 0 spiro atoms. The second kappa shape index (κ2) is 6.15. The van der Waals surface area contributed by atoms with Gasteiger partial charge in [-0.15, -0.1) is 13.2 Å². The molecule has 0 bridgehead atoms. The fraction of sp³-hybridized carbons (Fsp3) is 0.143. The van der Waals surface area contributed by atoms with Crippen molar-refractivity contribution in [1.82, 2.24) is 0 Å². The summed E-state index contributed by atoms with van der Waals surface area (Å²) >= 11 is 9.18. The number of hydrogen-bond acceptors (Lipinski definition) is 2. The molecule has 0 radical (unpaired) electrons. The standard InChI is InChI=1S/C14H9BrClF3O2/c1-20-13-6-8(16)2-4-10(13)11-7-9(3-5-12(11)15)21-14(17,18)19/h2-7H,1H3. The monoisotopic (exact) mass is 380 g/mol. The van der Waals surface area contributed by atoms with Crippen LogP contribution in [0.15, 0.2) is 40.9 Å². The van der Waals surface area contributed by atoms with Gasteiger partial charge < -0.3 is 9.47 Å². The number of alkyl halides is 3. The molecule has 0 aliphatic carbocycles. The van der Waals surface area contributed by atoms with Crippen LogP contribution in [-0.2, 0) is 0 Å². The lowest BCUT2D eigenvalue weighted by atomic mass is 10.0. The Morgan fingerprint density at radius 1 is 1.05 bits per heavy atom. The Kier molecular flexibility index (Phi) is 4.68. The normalized spacial score (nSPS) is 11.3. The molecule has 2 rings (SSSR count). The van der Waals surface area contributed by atoms with Gasteiger partial charge in [0.2, 0.25) is 0 Å². The van der Waals surface area contributed by atoms with Crippen LogP contribution in [-0.4, -0.2) is 13.5 Å². The first-order valence-electron chi connectivity index (χ1n) is 5.69. The van der Waals surface area contributed by atoms with Crippen molar-refractivity contribution in [3.05, 3.63) is 45.9 Å². The third kappa shape index (κ3) is 4.04. The minimum atomic E-state index is -4.74. The van der Waals surface area contributed by atoms with E-state index in [9.17, 15) is 13.2 Å². The largest absolute Gasteiger partial charge is 0.573 e. The van der Waals surface area contributed by atoms with Gasteiger partial charge in [0, 0.05) is 20.6 Å². The number of methoxy groups -OCH3 is 1. The van der Waals surface area contributed by atoms with Crippen molar-refractivity contribution in [3.63, 3.8) is 0 Å². The molecule has 2 aromatic rings. The summed E-state index contributed by atoms with van der Waals surface area (Å²) < 4.78 is 46.6. The van der Waals surface area contributed by atoms with E-state index < -0.39 is 6.36 Å². The fourth-order valence-corrected chi connectivity index (χ4v) is 2.42. The number of ether oxygens (including phenoxy) is 2. The van der Waals surface area contributed by atoms with Crippen LogP contribution in [0.4, 0.5) is 13.2 Å². The number of hydrogen-bond donors (Lipinski definition) is 0. The summed E-state index contributed by atoms with van der Waals surface area (Å²) in [6.45, 7) is 0. The van der Waals surface area contributed by atoms with Gasteiger partial charge in [-0.3, -0.25) is 0 Å². The molecule has 0 fully saturated rings. The van der Waals surface area contributed by atoms with E-state index in [-0.39, 0.29) is 5.75 Å². The second-order valence-corrected chi connectivity index (χ2v) is 5.32. The Bertz CT molecular complexity index is 659. The average Bonchev–Trinajstić information content (AvgIpc) is 2.39. The molecule has 0 saturated heterocycles. The summed E-state index contributed by atoms with van der Waals surface area (Å²) in [5, 5.41) is 0.467. The highest BCUT2D eigenvalue weighted by atomic mass is 79.9. The zero-order valence-corrected chi connectivity index (χ0v) is 13.0. The second-order valence-electron chi connectivity index (χ2n) is 4.03. The van der Waals surface area contributed by atoms with Gasteiger partial charge in [-0.1, -0.05) is 27.5 Å². The van der Waals surface area contributed by atoms with E-state index in [0.29, 0.717) is 26.4 Å². The predicted octanol–water partition coefficient (Wildman–Crippen LogP) is 5.68. The highest BCUT2D eigenvalue weighted by Gasteiger charge is 2.31. The number of rotatable bonds is 3. The van der Waals surface area contributed by atoms with E-state index in [1.54, 1.807) is 18.2 Å². The van der Waals surface area contributed by atoms with Gasteiger partial charge in [0.25, 0.3) is 0 Å². The van der Waals surface area contributed by atoms with Gasteiger partial charge in [-0.05, 0) is 36.4 Å². The number of halogens is 5. The molecule has 0 saturated carbocycles. The summed E-state index contributed by atoms with van der Waals surface area (Å²) in [6.07, 6.45) is -4.74. The molecule has 0 aliphatic heterocycles. The van der Waals surface area contributed by atoms with Gasteiger partial charge in [0.05, 0.1) is 7.11 Å².